The molecule has 39 heavy (non-hydrogen) atoms. The summed E-state index contributed by atoms with van der Waals surface area (Å²) in [6.45, 7) is 4.52. The van der Waals surface area contributed by atoms with Crippen molar-refractivity contribution >= 4 is 80.8 Å². The number of ether oxygens (including phenoxy) is 1. The average Bonchev–Trinajstić information content (AvgIpc) is 3.53. The minimum absolute atomic E-state index is 0.0845. The molecule has 1 unspecified atom stereocenters. The zero-order valence-corrected chi connectivity index (χ0v) is 24.0. The fourth-order valence-electron chi connectivity index (χ4n) is 3.50. The highest BCUT2D eigenvalue weighted by molar-refractivity contribution is 8.01. The Morgan fingerprint density at radius 3 is 2.72 bits per heavy atom. The number of oxime groups is 1. The van der Waals surface area contributed by atoms with Gasteiger partial charge in [0.25, 0.3) is 11.8 Å². The second-order valence-electron chi connectivity index (χ2n) is 8.98. The lowest BCUT2D eigenvalue weighted by atomic mass is 10.0. The zero-order valence-electron chi connectivity index (χ0n) is 20.8. The molecule has 2 aliphatic rings. The number of rotatable bonds is 10. The number of β-lactam (4-membered cyclic amide) rings is 1. The molecule has 4 rings (SSSR count). The Kier molecular flexibility index (Phi) is 8.77. The number of aromatic nitrogens is 3. The molecule has 1 fully saturated rings. The summed E-state index contributed by atoms with van der Waals surface area (Å²) in [4.78, 5) is 60.5. The summed E-state index contributed by atoms with van der Waals surface area (Å²) in [7, 11) is 0. The van der Waals surface area contributed by atoms with Gasteiger partial charge in [0.15, 0.2) is 15.2 Å². The number of hydrogen-bond donors (Lipinski definition) is 3. The van der Waals surface area contributed by atoms with Gasteiger partial charge in [0.05, 0.1) is 0 Å². The predicted molar refractivity (Wildman–Crippen MR) is 145 cm³/mol. The number of amides is 2. The number of thiazole rings is 1. The number of nitrogens with zero attached hydrogens (tertiary/aromatic N) is 5. The van der Waals surface area contributed by atoms with E-state index in [9.17, 15) is 24.3 Å². The van der Waals surface area contributed by atoms with Crippen LogP contribution in [-0.2, 0) is 28.8 Å². The molecule has 2 amide bonds. The lowest BCUT2D eigenvalue weighted by Gasteiger charge is -2.49. The summed E-state index contributed by atoms with van der Waals surface area (Å²) in [5.41, 5.74) is 6.78. The molecule has 208 valence electrons. The van der Waals surface area contributed by atoms with Crippen LogP contribution in [0.15, 0.2) is 31.7 Å². The van der Waals surface area contributed by atoms with Crippen molar-refractivity contribution in [3.8, 4) is 0 Å². The molecular weight excluding hydrogens is 591 g/mol. The quantitative estimate of drug-likeness (QED) is 0.113. The molecule has 0 bridgehead atoms. The molecule has 0 spiro atoms. The molecule has 2 atom stereocenters. The minimum Gasteiger partial charge on any atom is -0.477 e. The molecule has 1 saturated heterocycles. The standard InChI is InChI=1S/C21H23N7O7S4/c1-21(2,3)35-11(29)4-34-27-12(10-7-37-19(22)24-10)15(30)25-13-16(31)28-14(18(32)33)9(5-36-17(13)28)6-38-20-26-23-8-39-20/h7-8,13,17H,4-6H2,1-3H3,(H2,22,24)(H,25,30)(H,32,33)/t13?,17-/m1/s1. The Bertz CT molecular complexity index is 1340. The van der Waals surface area contributed by atoms with E-state index in [4.69, 9.17) is 15.3 Å². The molecule has 4 heterocycles. The first-order valence-corrected chi connectivity index (χ1v) is 15.0. The van der Waals surface area contributed by atoms with Gasteiger partial charge >= 0.3 is 11.9 Å². The number of carbonyl (C=O) groups excluding carboxylic acids is 3. The lowest BCUT2D eigenvalue weighted by molar-refractivity contribution is -0.160. The van der Waals surface area contributed by atoms with Crippen LogP contribution in [0.2, 0.25) is 0 Å². The number of nitrogen functional groups attached to an aromatic ring is 1. The van der Waals surface area contributed by atoms with Crippen molar-refractivity contribution in [2.24, 2.45) is 5.16 Å². The molecule has 0 aromatic carbocycles. The van der Waals surface area contributed by atoms with Crippen LogP contribution in [-0.4, -0.2) is 89.8 Å². The first-order chi connectivity index (χ1) is 18.4. The number of fused-ring (bicyclic) bond motifs is 1. The third kappa shape index (κ3) is 6.87. The van der Waals surface area contributed by atoms with Crippen molar-refractivity contribution in [3.05, 3.63) is 27.9 Å². The van der Waals surface area contributed by atoms with Crippen LogP contribution in [0.4, 0.5) is 5.13 Å². The number of carbonyl (C=O) groups is 4. The number of esters is 1. The van der Waals surface area contributed by atoms with Gasteiger partial charge < -0.3 is 25.7 Å². The van der Waals surface area contributed by atoms with Crippen molar-refractivity contribution in [2.45, 2.75) is 42.1 Å². The highest BCUT2D eigenvalue weighted by Crippen LogP contribution is 2.41. The Hall–Kier alpha value is -3.22. The van der Waals surface area contributed by atoms with Gasteiger partial charge in [0.2, 0.25) is 6.61 Å². The van der Waals surface area contributed by atoms with Gasteiger partial charge in [0.1, 0.15) is 33.9 Å². The number of hydrogen-bond acceptors (Lipinski definition) is 15. The smallest absolute Gasteiger partial charge is 0.352 e. The molecule has 2 aromatic heterocycles. The minimum atomic E-state index is -1.23. The van der Waals surface area contributed by atoms with E-state index in [1.807, 2.05) is 0 Å². The number of carboxylic acids is 1. The van der Waals surface area contributed by atoms with E-state index in [0.717, 1.165) is 11.3 Å². The number of aliphatic carboxylic acids is 1. The van der Waals surface area contributed by atoms with Crippen molar-refractivity contribution in [3.63, 3.8) is 0 Å². The summed E-state index contributed by atoms with van der Waals surface area (Å²) >= 11 is 5.06. The Morgan fingerprint density at radius 2 is 2.10 bits per heavy atom. The van der Waals surface area contributed by atoms with Crippen molar-refractivity contribution in [1.82, 2.24) is 25.4 Å². The maximum Gasteiger partial charge on any atom is 0.352 e. The van der Waals surface area contributed by atoms with Gasteiger partial charge in [-0.25, -0.2) is 14.6 Å². The van der Waals surface area contributed by atoms with Crippen LogP contribution >= 0.6 is 46.2 Å². The predicted octanol–water partition coefficient (Wildman–Crippen LogP) is 1.17. The van der Waals surface area contributed by atoms with Crippen LogP contribution in [0.1, 0.15) is 26.5 Å². The summed E-state index contributed by atoms with van der Waals surface area (Å²) in [6, 6.07) is -1.01. The van der Waals surface area contributed by atoms with E-state index < -0.39 is 47.4 Å². The van der Waals surface area contributed by atoms with Crippen LogP contribution in [0, 0.1) is 0 Å². The maximum absolute atomic E-state index is 13.2. The fourth-order valence-corrected chi connectivity index (χ4v) is 7.02. The third-order valence-corrected chi connectivity index (χ3v) is 8.94. The van der Waals surface area contributed by atoms with Crippen LogP contribution in [0.25, 0.3) is 0 Å². The van der Waals surface area contributed by atoms with Crippen molar-refractivity contribution in [1.29, 1.82) is 0 Å². The summed E-state index contributed by atoms with van der Waals surface area (Å²) < 4.78 is 5.83. The molecule has 14 nitrogen and oxygen atoms in total. The summed E-state index contributed by atoms with van der Waals surface area (Å²) in [5.74, 6) is -2.64. The number of nitrogens with one attached hydrogen (secondary N) is 1. The van der Waals surface area contributed by atoms with Crippen LogP contribution in [0.3, 0.4) is 0 Å². The van der Waals surface area contributed by atoms with Gasteiger partial charge in [-0.15, -0.1) is 33.3 Å². The van der Waals surface area contributed by atoms with Crippen molar-refractivity contribution in [2.75, 3.05) is 23.8 Å². The van der Waals surface area contributed by atoms with E-state index in [2.05, 4.69) is 25.7 Å². The van der Waals surface area contributed by atoms with Gasteiger partial charge in [0, 0.05) is 16.9 Å². The number of thioether (sulfide) groups is 2. The van der Waals surface area contributed by atoms with E-state index in [1.165, 1.54) is 45.1 Å². The SMILES string of the molecule is CC(C)(C)OC(=O)CON=C(C(=O)NC1C(=O)N2C(C(=O)O)=C(CSc3nncs3)CS[C@H]12)c1csc(N)n1. The Balaban J connectivity index is 1.46. The molecule has 0 radical (unpaired) electrons. The fraction of sp³-hybridized carbons (Fsp3) is 0.429. The highest BCUT2D eigenvalue weighted by atomic mass is 32.2. The van der Waals surface area contributed by atoms with Gasteiger partial charge in [-0.2, -0.15) is 0 Å². The first kappa shape index (κ1) is 28.8. The van der Waals surface area contributed by atoms with E-state index in [1.54, 1.807) is 26.3 Å². The summed E-state index contributed by atoms with van der Waals surface area (Å²) in [5, 5.41) is 24.9. The maximum atomic E-state index is 13.2. The number of nitrogens with two attached hydrogens (primary N) is 1. The molecule has 18 heteroatoms. The summed E-state index contributed by atoms with van der Waals surface area (Å²) in [6.07, 6.45) is 0. The molecular formula is C21H23N7O7S4. The average molecular weight is 614 g/mol. The monoisotopic (exact) mass is 613 g/mol. The first-order valence-electron chi connectivity index (χ1n) is 11.2. The Labute approximate surface area is 238 Å². The topological polar surface area (TPSA) is 199 Å². The van der Waals surface area contributed by atoms with Gasteiger partial charge in [-0.1, -0.05) is 28.3 Å². The van der Waals surface area contributed by atoms with E-state index >= 15 is 0 Å². The van der Waals surface area contributed by atoms with Crippen LogP contribution < -0.4 is 11.1 Å². The highest BCUT2D eigenvalue weighted by Gasteiger charge is 2.54. The molecule has 2 aliphatic heterocycles. The normalized spacial score (nSPS) is 19.3. The number of anilines is 1. The van der Waals surface area contributed by atoms with E-state index in [-0.39, 0.29) is 22.2 Å². The van der Waals surface area contributed by atoms with E-state index in [0.29, 0.717) is 21.4 Å². The number of carboxylic acid groups (broad SMARTS) is 1. The molecule has 0 aliphatic carbocycles. The van der Waals surface area contributed by atoms with Gasteiger partial charge in [-0.3, -0.25) is 14.5 Å². The van der Waals surface area contributed by atoms with Crippen LogP contribution in [0.5, 0.6) is 0 Å². The van der Waals surface area contributed by atoms with Gasteiger partial charge in [-0.05, 0) is 26.3 Å². The molecule has 4 N–H and O–H groups in total. The lowest BCUT2D eigenvalue weighted by Crippen LogP contribution is -2.71. The molecule has 0 saturated carbocycles. The van der Waals surface area contributed by atoms with Crippen molar-refractivity contribution < 1.29 is 33.9 Å². The largest absolute Gasteiger partial charge is 0.477 e. The Morgan fingerprint density at radius 1 is 1.33 bits per heavy atom. The third-order valence-electron chi connectivity index (χ3n) is 4.98. The zero-order chi connectivity index (χ0) is 28.3. The second kappa shape index (κ2) is 11.9. The molecule has 2 aromatic rings. The second-order valence-corrected chi connectivity index (χ2v) is 13.0.